The van der Waals surface area contributed by atoms with Crippen molar-refractivity contribution in [3.63, 3.8) is 0 Å². The van der Waals surface area contributed by atoms with Crippen molar-refractivity contribution in [2.45, 2.75) is 25.8 Å². The molecule has 0 radical (unpaired) electrons. The number of benzene rings is 2. The SMILES string of the molecule is CC(=O)N(C)c1ccc(NC(=O)N2CCC(NC(=O)c3ccccc3)CC2)cc1. The summed E-state index contributed by atoms with van der Waals surface area (Å²) in [5.41, 5.74) is 2.09. The van der Waals surface area contributed by atoms with Gasteiger partial charge in [0, 0.05) is 50.0 Å². The standard InChI is InChI=1S/C22H26N4O3/c1-16(27)25(2)20-10-8-18(9-11-20)24-22(29)26-14-12-19(13-15-26)23-21(28)17-6-4-3-5-7-17/h3-11,19H,12-15H2,1-2H3,(H,23,28)(H,24,29). The number of hydrogen-bond donors (Lipinski definition) is 2. The maximum atomic E-state index is 12.5. The minimum absolute atomic E-state index is 0.0518. The summed E-state index contributed by atoms with van der Waals surface area (Å²) in [5, 5.41) is 5.93. The number of carbonyl (C=O) groups excluding carboxylic acids is 3. The van der Waals surface area contributed by atoms with Gasteiger partial charge < -0.3 is 20.4 Å². The lowest BCUT2D eigenvalue weighted by atomic mass is 10.0. The van der Waals surface area contributed by atoms with E-state index in [1.165, 1.54) is 6.92 Å². The predicted octanol–water partition coefficient (Wildman–Crippen LogP) is 3.10. The molecule has 29 heavy (non-hydrogen) atoms. The summed E-state index contributed by atoms with van der Waals surface area (Å²) in [7, 11) is 1.71. The van der Waals surface area contributed by atoms with Crippen LogP contribution in [0.1, 0.15) is 30.1 Å². The summed E-state index contributed by atoms with van der Waals surface area (Å²) in [5.74, 6) is -0.131. The van der Waals surface area contributed by atoms with Crippen LogP contribution >= 0.6 is 0 Å². The van der Waals surface area contributed by atoms with Crippen LogP contribution in [0.3, 0.4) is 0 Å². The molecule has 7 nitrogen and oxygen atoms in total. The van der Waals surface area contributed by atoms with E-state index >= 15 is 0 Å². The Kier molecular flexibility index (Phi) is 6.49. The summed E-state index contributed by atoms with van der Waals surface area (Å²) in [6.07, 6.45) is 1.43. The van der Waals surface area contributed by atoms with Gasteiger partial charge in [0.2, 0.25) is 5.91 Å². The van der Waals surface area contributed by atoms with E-state index < -0.39 is 0 Å². The van der Waals surface area contributed by atoms with Gasteiger partial charge in [-0.25, -0.2) is 4.79 Å². The number of rotatable bonds is 4. The molecule has 3 rings (SSSR count). The first kappa shape index (κ1) is 20.4. The molecule has 2 aromatic rings. The van der Waals surface area contributed by atoms with Crippen molar-refractivity contribution in [3.8, 4) is 0 Å². The maximum absolute atomic E-state index is 12.5. The van der Waals surface area contributed by atoms with Crippen LogP contribution in [0, 0.1) is 0 Å². The Morgan fingerprint density at radius 3 is 2.17 bits per heavy atom. The fourth-order valence-electron chi connectivity index (χ4n) is 3.24. The Hall–Kier alpha value is -3.35. The predicted molar refractivity (Wildman–Crippen MR) is 113 cm³/mol. The van der Waals surface area contributed by atoms with Crippen LogP contribution in [-0.4, -0.2) is 48.9 Å². The van der Waals surface area contributed by atoms with Crippen molar-refractivity contribution >= 4 is 29.2 Å². The first-order valence-electron chi connectivity index (χ1n) is 9.70. The summed E-state index contributed by atoms with van der Waals surface area (Å²) in [6, 6.07) is 16.2. The van der Waals surface area contributed by atoms with Gasteiger partial charge in [0.05, 0.1) is 0 Å². The smallest absolute Gasteiger partial charge is 0.321 e. The third kappa shape index (κ3) is 5.34. The second-order valence-corrected chi connectivity index (χ2v) is 7.16. The topological polar surface area (TPSA) is 81.8 Å². The van der Waals surface area contributed by atoms with Gasteiger partial charge >= 0.3 is 6.03 Å². The second-order valence-electron chi connectivity index (χ2n) is 7.16. The molecule has 0 spiro atoms. The molecule has 0 unspecified atom stereocenters. The van der Waals surface area contributed by atoms with E-state index in [9.17, 15) is 14.4 Å². The number of nitrogens with one attached hydrogen (secondary N) is 2. The summed E-state index contributed by atoms with van der Waals surface area (Å²) >= 11 is 0. The van der Waals surface area contributed by atoms with Crippen molar-refractivity contribution < 1.29 is 14.4 Å². The number of hydrogen-bond acceptors (Lipinski definition) is 3. The molecule has 0 saturated carbocycles. The lowest BCUT2D eigenvalue weighted by Gasteiger charge is -2.32. The maximum Gasteiger partial charge on any atom is 0.321 e. The first-order chi connectivity index (χ1) is 13.9. The molecule has 1 fully saturated rings. The summed E-state index contributed by atoms with van der Waals surface area (Å²) in [6.45, 7) is 2.66. The molecule has 1 heterocycles. The number of likely N-dealkylation sites (tertiary alicyclic amines) is 1. The van der Waals surface area contributed by atoms with Gasteiger partial charge in [0.25, 0.3) is 5.91 Å². The second kappa shape index (κ2) is 9.23. The van der Waals surface area contributed by atoms with E-state index in [2.05, 4.69) is 10.6 Å². The number of anilines is 2. The third-order valence-electron chi connectivity index (χ3n) is 5.13. The van der Waals surface area contributed by atoms with Gasteiger partial charge in [-0.05, 0) is 49.2 Å². The number of amides is 4. The Balaban J connectivity index is 1.47. The molecule has 1 aliphatic heterocycles. The summed E-state index contributed by atoms with van der Waals surface area (Å²) in [4.78, 5) is 39.5. The molecular formula is C22H26N4O3. The van der Waals surface area contributed by atoms with Crippen LogP contribution in [0.25, 0.3) is 0 Å². The third-order valence-corrected chi connectivity index (χ3v) is 5.13. The highest BCUT2D eigenvalue weighted by atomic mass is 16.2. The van der Waals surface area contributed by atoms with E-state index in [4.69, 9.17) is 0 Å². The normalized spacial score (nSPS) is 14.2. The molecule has 152 valence electrons. The lowest BCUT2D eigenvalue weighted by Crippen LogP contribution is -2.47. The highest BCUT2D eigenvalue weighted by Crippen LogP contribution is 2.18. The van der Waals surface area contributed by atoms with Crippen molar-refractivity contribution in [2.75, 3.05) is 30.4 Å². The van der Waals surface area contributed by atoms with Gasteiger partial charge in [-0.15, -0.1) is 0 Å². The molecular weight excluding hydrogens is 368 g/mol. The lowest BCUT2D eigenvalue weighted by molar-refractivity contribution is -0.116. The largest absolute Gasteiger partial charge is 0.349 e. The van der Waals surface area contributed by atoms with Crippen molar-refractivity contribution in [3.05, 3.63) is 60.2 Å². The van der Waals surface area contributed by atoms with Crippen LogP contribution in [-0.2, 0) is 4.79 Å². The molecule has 7 heteroatoms. The zero-order valence-corrected chi connectivity index (χ0v) is 16.7. The number of urea groups is 1. The van der Waals surface area contributed by atoms with Gasteiger partial charge in [-0.1, -0.05) is 18.2 Å². The van der Waals surface area contributed by atoms with E-state index in [1.54, 1.807) is 53.2 Å². The Labute approximate surface area is 170 Å². The molecule has 0 aliphatic carbocycles. The zero-order chi connectivity index (χ0) is 20.8. The van der Waals surface area contributed by atoms with Crippen LogP contribution in [0.4, 0.5) is 16.2 Å². The molecule has 2 N–H and O–H groups in total. The molecule has 0 bridgehead atoms. The van der Waals surface area contributed by atoms with E-state index in [0.29, 0.717) is 37.2 Å². The van der Waals surface area contributed by atoms with Gasteiger partial charge in [0.15, 0.2) is 0 Å². The minimum Gasteiger partial charge on any atom is -0.349 e. The zero-order valence-electron chi connectivity index (χ0n) is 16.7. The van der Waals surface area contributed by atoms with Crippen LogP contribution in [0.2, 0.25) is 0 Å². The quantitative estimate of drug-likeness (QED) is 0.836. The molecule has 1 aliphatic rings. The molecule has 0 aromatic heterocycles. The van der Waals surface area contributed by atoms with E-state index in [-0.39, 0.29) is 23.9 Å². The summed E-state index contributed by atoms with van der Waals surface area (Å²) < 4.78 is 0. The van der Waals surface area contributed by atoms with Crippen LogP contribution in [0.15, 0.2) is 54.6 Å². The fraction of sp³-hybridized carbons (Fsp3) is 0.318. The Morgan fingerprint density at radius 2 is 1.59 bits per heavy atom. The van der Waals surface area contributed by atoms with Crippen LogP contribution in [0.5, 0.6) is 0 Å². The van der Waals surface area contributed by atoms with Crippen molar-refractivity contribution in [1.29, 1.82) is 0 Å². The highest BCUT2D eigenvalue weighted by Gasteiger charge is 2.24. The molecule has 2 aromatic carbocycles. The average molecular weight is 394 g/mol. The molecule has 0 atom stereocenters. The minimum atomic E-state index is -0.162. The fourth-order valence-corrected chi connectivity index (χ4v) is 3.24. The van der Waals surface area contributed by atoms with Gasteiger partial charge in [-0.3, -0.25) is 9.59 Å². The van der Waals surface area contributed by atoms with Gasteiger partial charge in [-0.2, -0.15) is 0 Å². The van der Waals surface area contributed by atoms with Crippen LogP contribution < -0.4 is 15.5 Å². The van der Waals surface area contributed by atoms with Gasteiger partial charge in [0.1, 0.15) is 0 Å². The van der Waals surface area contributed by atoms with E-state index in [1.807, 2.05) is 18.2 Å². The molecule has 4 amide bonds. The average Bonchev–Trinajstić information content (AvgIpc) is 2.74. The van der Waals surface area contributed by atoms with Crippen molar-refractivity contribution in [2.24, 2.45) is 0 Å². The number of carbonyl (C=O) groups is 3. The van der Waals surface area contributed by atoms with Crippen molar-refractivity contribution in [1.82, 2.24) is 10.2 Å². The first-order valence-corrected chi connectivity index (χ1v) is 9.70. The Bertz CT molecular complexity index is 859. The Morgan fingerprint density at radius 1 is 0.966 bits per heavy atom. The number of piperidine rings is 1. The molecule has 1 saturated heterocycles. The highest BCUT2D eigenvalue weighted by molar-refractivity contribution is 5.94. The van der Waals surface area contributed by atoms with E-state index in [0.717, 1.165) is 5.69 Å². The monoisotopic (exact) mass is 394 g/mol. The number of nitrogens with zero attached hydrogens (tertiary/aromatic N) is 2.